The Kier molecular flexibility index (Phi) is 12.3. The maximum absolute atomic E-state index is 6.44. The number of hydrogen-bond donors (Lipinski definition) is 1. The van der Waals surface area contributed by atoms with E-state index in [1.807, 2.05) is 7.05 Å². The molecule has 18 heavy (non-hydrogen) atoms. The molecule has 0 aliphatic carbocycles. The molecule has 0 aromatic heterocycles. The fourth-order valence-corrected chi connectivity index (χ4v) is 7.13. The van der Waals surface area contributed by atoms with E-state index in [0.717, 1.165) is 13.2 Å². The summed E-state index contributed by atoms with van der Waals surface area (Å²) in [7, 11) is 0.614. The van der Waals surface area contributed by atoms with Crippen LogP contribution in [0, 0.1) is 0 Å². The van der Waals surface area contributed by atoms with Crippen LogP contribution in [0.1, 0.15) is 59.3 Å². The van der Waals surface area contributed by atoms with Crippen molar-refractivity contribution >= 4 is 8.32 Å². The van der Waals surface area contributed by atoms with E-state index >= 15 is 0 Å². The minimum atomic E-state index is -1.44. The fourth-order valence-electron chi connectivity index (χ4n) is 2.50. The molecule has 0 fully saturated rings. The minimum Gasteiger partial charge on any atom is -0.417 e. The Balaban J connectivity index is 4.41. The third-order valence-electron chi connectivity index (χ3n) is 3.64. The van der Waals surface area contributed by atoms with Crippen LogP contribution in [0.25, 0.3) is 0 Å². The minimum absolute atomic E-state index is 0.985. The molecule has 0 amide bonds. The molecule has 1 N–H and O–H groups in total. The highest BCUT2D eigenvalue weighted by atomic mass is 28.4. The molecule has 0 saturated carbocycles. The molecule has 0 aromatic rings. The van der Waals surface area contributed by atoms with Crippen LogP contribution in [-0.4, -0.2) is 28.5 Å². The molecule has 0 unspecified atom stereocenters. The van der Waals surface area contributed by atoms with Gasteiger partial charge in [-0.1, -0.05) is 46.5 Å². The van der Waals surface area contributed by atoms with E-state index in [1.165, 1.54) is 56.7 Å². The van der Waals surface area contributed by atoms with Crippen molar-refractivity contribution in [3.05, 3.63) is 0 Å². The summed E-state index contributed by atoms with van der Waals surface area (Å²) < 4.78 is 6.44. The lowest BCUT2D eigenvalue weighted by Gasteiger charge is -2.32. The van der Waals surface area contributed by atoms with E-state index in [4.69, 9.17) is 4.43 Å². The smallest absolute Gasteiger partial charge is 0.192 e. The van der Waals surface area contributed by atoms with E-state index in [9.17, 15) is 0 Å². The average molecular weight is 274 g/mol. The Morgan fingerprint density at radius 2 is 1.39 bits per heavy atom. The lowest BCUT2D eigenvalue weighted by atomic mass is 10.4. The SMILES string of the molecule is CCCC[Si](CCCC)(CCCNC)OCCC. The summed E-state index contributed by atoms with van der Waals surface area (Å²) in [4.78, 5) is 0. The summed E-state index contributed by atoms with van der Waals surface area (Å²) in [6.45, 7) is 8.95. The van der Waals surface area contributed by atoms with E-state index < -0.39 is 8.32 Å². The predicted molar refractivity (Wildman–Crippen MR) is 84.8 cm³/mol. The molecule has 0 saturated heterocycles. The van der Waals surface area contributed by atoms with E-state index in [-0.39, 0.29) is 0 Å². The van der Waals surface area contributed by atoms with Crippen molar-refractivity contribution in [1.82, 2.24) is 5.32 Å². The molecule has 0 heterocycles. The maximum Gasteiger partial charge on any atom is 0.192 e. The number of unbranched alkanes of at least 4 members (excludes halogenated alkanes) is 2. The van der Waals surface area contributed by atoms with Gasteiger partial charge in [0.25, 0.3) is 0 Å². The predicted octanol–water partition coefficient (Wildman–Crippen LogP) is 4.57. The normalized spacial score (nSPS) is 12.0. The van der Waals surface area contributed by atoms with E-state index in [0.29, 0.717) is 0 Å². The van der Waals surface area contributed by atoms with Gasteiger partial charge in [-0.25, -0.2) is 0 Å². The van der Waals surface area contributed by atoms with Gasteiger partial charge >= 0.3 is 0 Å². The van der Waals surface area contributed by atoms with Gasteiger partial charge in [0.05, 0.1) is 0 Å². The maximum atomic E-state index is 6.44. The standard InChI is InChI=1S/C15H35NOSi/c1-5-8-13-18(14-9-6-2,17-12-7-3)15-10-11-16-4/h16H,5-15H2,1-4H3. The van der Waals surface area contributed by atoms with Crippen molar-refractivity contribution in [2.24, 2.45) is 0 Å². The largest absolute Gasteiger partial charge is 0.417 e. The van der Waals surface area contributed by atoms with Gasteiger partial charge in [0.1, 0.15) is 0 Å². The third-order valence-corrected chi connectivity index (χ3v) is 8.25. The molecular weight excluding hydrogens is 238 g/mol. The molecule has 0 aliphatic rings. The summed E-state index contributed by atoms with van der Waals surface area (Å²) in [5.74, 6) is 0. The molecule has 0 rings (SSSR count). The van der Waals surface area contributed by atoms with Gasteiger partial charge in [-0.3, -0.25) is 0 Å². The molecule has 3 heteroatoms. The van der Waals surface area contributed by atoms with Crippen molar-refractivity contribution in [2.75, 3.05) is 20.2 Å². The van der Waals surface area contributed by atoms with Crippen LogP contribution >= 0.6 is 0 Å². The summed E-state index contributed by atoms with van der Waals surface area (Å²) in [5, 5.41) is 3.28. The molecule has 0 radical (unpaired) electrons. The topological polar surface area (TPSA) is 21.3 Å². The van der Waals surface area contributed by atoms with Crippen molar-refractivity contribution in [3.8, 4) is 0 Å². The summed E-state index contributed by atoms with van der Waals surface area (Å²) in [6, 6.07) is 4.12. The first kappa shape index (κ1) is 18.1. The van der Waals surface area contributed by atoms with Crippen LogP contribution in [0.5, 0.6) is 0 Å². The molecule has 0 aliphatic heterocycles. The highest BCUT2D eigenvalue weighted by Crippen LogP contribution is 2.29. The third kappa shape index (κ3) is 8.28. The van der Waals surface area contributed by atoms with Gasteiger partial charge in [-0.2, -0.15) is 0 Å². The van der Waals surface area contributed by atoms with Crippen LogP contribution in [0.2, 0.25) is 18.1 Å². The number of hydrogen-bond acceptors (Lipinski definition) is 2. The molecule has 2 nitrogen and oxygen atoms in total. The molecule has 0 aromatic carbocycles. The highest BCUT2D eigenvalue weighted by molar-refractivity contribution is 6.73. The van der Waals surface area contributed by atoms with Crippen molar-refractivity contribution in [3.63, 3.8) is 0 Å². The number of rotatable bonds is 13. The highest BCUT2D eigenvalue weighted by Gasteiger charge is 2.32. The second-order valence-corrected chi connectivity index (χ2v) is 9.60. The van der Waals surface area contributed by atoms with Gasteiger partial charge in [0, 0.05) is 6.61 Å². The molecular formula is C15H35NOSi. The summed E-state index contributed by atoms with van der Waals surface area (Å²) >= 11 is 0. The zero-order chi connectivity index (χ0) is 13.7. The first-order valence-corrected chi connectivity index (χ1v) is 10.6. The number of nitrogens with one attached hydrogen (secondary N) is 1. The second kappa shape index (κ2) is 12.2. The first-order valence-electron chi connectivity index (χ1n) is 8.03. The first-order chi connectivity index (χ1) is 8.74. The monoisotopic (exact) mass is 273 g/mol. The Hall–Kier alpha value is 0.137. The molecule has 0 spiro atoms. The average Bonchev–Trinajstić information content (AvgIpc) is 2.40. The van der Waals surface area contributed by atoms with Crippen LogP contribution in [0.4, 0.5) is 0 Å². The van der Waals surface area contributed by atoms with Gasteiger partial charge in [0.2, 0.25) is 0 Å². The Bertz CT molecular complexity index is 154. The zero-order valence-electron chi connectivity index (χ0n) is 13.2. The second-order valence-electron chi connectivity index (χ2n) is 5.45. The van der Waals surface area contributed by atoms with Crippen molar-refractivity contribution in [2.45, 2.75) is 77.4 Å². The van der Waals surface area contributed by atoms with Crippen LogP contribution in [0.3, 0.4) is 0 Å². The van der Waals surface area contributed by atoms with E-state index in [2.05, 4.69) is 26.1 Å². The fraction of sp³-hybridized carbons (Fsp3) is 1.00. The quantitative estimate of drug-likeness (QED) is 0.392. The Morgan fingerprint density at radius 3 is 1.83 bits per heavy atom. The molecule has 0 bridgehead atoms. The Morgan fingerprint density at radius 1 is 0.833 bits per heavy atom. The van der Waals surface area contributed by atoms with Gasteiger partial charge in [-0.05, 0) is 44.6 Å². The van der Waals surface area contributed by atoms with Crippen LogP contribution < -0.4 is 5.32 Å². The van der Waals surface area contributed by atoms with Gasteiger partial charge in [-0.15, -0.1) is 0 Å². The lowest BCUT2D eigenvalue weighted by molar-refractivity contribution is 0.293. The molecule has 110 valence electrons. The van der Waals surface area contributed by atoms with Crippen molar-refractivity contribution in [1.29, 1.82) is 0 Å². The lowest BCUT2D eigenvalue weighted by Crippen LogP contribution is -2.39. The van der Waals surface area contributed by atoms with Crippen molar-refractivity contribution < 1.29 is 4.43 Å². The van der Waals surface area contributed by atoms with E-state index in [1.54, 1.807) is 0 Å². The Labute approximate surface area is 116 Å². The summed E-state index contributed by atoms with van der Waals surface area (Å²) in [5.41, 5.74) is 0. The van der Waals surface area contributed by atoms with Gasteiger partial charge < -0.3 is 9.74 Å². The van der Waals surface area contributed by atoms with Gasteiger partial charge in [0.15, 0.2) is 8.32 Å². The van der Waals surface area contributed by atoms with Crippen LogP contribution in [0.15, 0.2) is 0 Å². The summed E-state index contributed by atoms with van der Waals surface area (Å²) in [6.07, 6.45) is 7.79. The zero-order valence-corrected chi connectivity index (χ0v) is 14.2. The molecule has 0 atom stereocenters. The van der Waals surface area contributed by atoms with Crippen LogP contribution in [-0.2, 0) is 4.43 Å².